The molecular formula is C16H26N2O. The van der Waals surface area contributed by atoms with Crippen LogP contribution in [-0.4, -0.2) is 37.0 Å². The smallest absolute Gasteiger partial charge is 0.223 e. The minimum absolute atomic E-state index is 0.251. The number of carbonyl (C=O) groups excluding carboxylic acids is 1. The van der Waals surface area contributed by atoms with E-state index in [1.165, 1.54) is 5.56 Å². The van der Waals surface area contributed by atoms with Crippen LogP contribution in [0.1, 0.15) is 32.3 Å². The van der Waals surface area contributed by atoms with Crippen LogP contribution in [0, 0.1) is 0 Å². The molecule has 0 radical (unpaired) electrons. The van der Waals surface area contributed by atoms with E-state index in [0.717, 1.165) is 39.0 Å². The van der Waals surface area contributed by atoms with Crippen LogP contribution >= 0.6 is 0 Å². The van der Waals surface area contributed by atoms with Crippen LogP contribution in [-0.2, 0) is 11.2 Å². The summed E-state index contributed by atoms with van der Waals surface area (Å²) in [5, 5.41) is 3.34. The molecule has 3 heteroatoms. The van der Waals surface area contributed by atoms with Gasteiger partial charge in [-0.15, -0.1) is 0 Å². The maximum atomic E-state index is 11.7. The molecule has 1 rings (SSSR count). The molecule has 0 saturated heterocycles. The van der Waals surface area contributed by atoms with Gasteiger partial charge in [0.25, 0.3) is 0 Å². The van der Waals surface area contributed by atoms with Crippen LogP contribution in [0.2, 0.25) is 0 Å². The second kappa shape index (κ2) is 9.56. The lowest BCUT2D eigenvalue weighted by molar-refractivity contribution is -0.130. The number of benzene rings is 1. The van der Waals surface area contributed by atoms with E-state index in [4.69, 9.17) is 0 Å². The quantitative estimate of drug-likeness (QED) is 0.693. The molecule has 0 aromatic heterocycles. The first-order valence-corrected chi connectivity index (χ1v) is 7.30. The van der Waals surface area contributed by atoms with Crippen molar-refractivity contribution in [2.24, 2.45) is 0 Å². The summed E-state index contributed by atoms with van der Waals surface area (Å²) in [6.07, 6.45) is 2.81. The first-order chi connectivity index (χ1) is 9.27. The second-order valence-corrected chi connectivity index (χ2v) is 4.66. The molecule has 0 heterocycles. The van der Waals surface area contributed by atoms with Gasteiger partial charge in [0, 0.05) is 26.1 Å². The largest absolute Gasteiger partial charge is 0.343 e. The molecule has 106 valence electrons. The van der Waals surface area contributed by atoms with Gasteiger partial charge in [0.1, 0.15) is 0 Å². The molecule has 1 amide bonds. The highest BCUT2D eigenvalue weighted by molar-refractivity contribution is 5.76. The van der Waals surface area contributed by atoms with Gasteiger partial charge >= 0.3 is 0 Å². The van der Waals surface area contributed by atoms with Crippen LogP contribution in [0.5, 0.6) is 0 Å². The third kappa shape index (κ3) is 6.39. The van der Waals surface area contributed by atoms with E-state index in [-0.39, 0.29) is 5.91 Å². The average Bonchev–Trinajstić information content (AvgIpc) is 2.45. The van der Waals surface area contributed by atoms with Gasteiger partial charge < -0.3 is 10.2 Å². The highest BCUT2D eigenvalue weighted by Crippen LogP contribution is 2.01. The lowest BCUT2D eigenvalue weighted by Gasteiger charge is -2.18. The number of nitrogens with zero attached hydrogens (tertiary/aromatic N) is 1. The van der Waals surface area contributed by atoms with Crippen molar-refractivity contribution < 1.29 is 4.79 Å². The minimum Gasteiger partial charge on any atom is -0.343 e. The Labute approximate surface area is 117 Å². The minimum atomic E-state index is 0.251. The monoisotopic (exact) mass is 262 g/mol. The number of carbonyl (C=O) groups is 1. The summed E-state index contributed by atoms with van der Waals surface area (Å²) in [6, 6.07) is 10.5. The number of aryl methyl sites for hydroxylation is 1. The van der Waals surface area contributed by atoms with Gasteiger partial charge in [0.15, 0.2) is 0 Å². The predicted molar refractivity (Wildman–Crippen MR) is 80.2 cm³/mol. The zero-order valence-electron chi connectivity index (χ0n) is 12.2. The average molecular weight is 262 g/mol. The van der Waals surface area contributed by atoms with Gasteiger partial charge in [-0.25, -0.2) is 0 Å². The fourth-order valence-corrected chi connectivity index (χ4v) is 2.12. The van der Waals surface area contributed by atoms with Gasteiger partial charge in [-0.1, -0.05) is 30.3 Å². The zero-order chi connectivity index (χ0) is 13.9. The SMILES string of the molecule is CCN(CC)C(=O)CCNCCCc1ccccc1. The van der Waals surface area contributed by atoms with Gasteiger partial charge in [-0.3, -0.25) is 4.79 Å². The van der Waals surface area contributed by atoms with Crippen molar-refractivity contribution in [1.29, 1.82) is 0 Å². The van der Waals surface area contributed by atoms with Crippen molar-refractivity contribution in [3.63, 3.8) is 0 Å². The van der Waals surface area contributed by atoms with E-state index in [1.54, 1.807) is 0 Å². The molecule has 0 bridgehead atoms. The molecule has 0 aliphatic rings. The normalized spacial score (nSPS) is 10.4. The van der Waals surface area contributed by atoms with Crippen LogP contribution in [0.3, 0.4) is 0 Å². The Balaban J connectivity index is 2.04. The van der Waals surface area contributed by atoms with E-state index in [2.05, 4.69) is 29.6 Å². The summed E-state index contributed by atoms with van der Waals surface area (Å²) < 4.78 is 0. The number of hydrogen-bond acceptors (Lipinski definition) is 2. The fourth-order valence-electron chi connectivity index (χ4n) is 2.12. The van der Waals surface area contributed by atoms with Crippen molar-refractivity contribution >= 4 is 5.91 Å². The van der Waals surface area contributed by atoms with Crippen LogP contribution < -0.4 is 5.32 Å². The first kappa shape index (κ1) is 15.7. The summed E-state index contributed by atoms with van der Waals surface area (Å²) >= 11 is 0. The molecule has 0 fully saturated rings. The van der Waals surface area contributed by atoms with Crippen molar-refractivity contribution in [3.8, 4) is 0 Å². The molecule has 1 aromatic carbocycles. The molecule has 3 nitrogen and oxygen atoms in total. The Morgan fingerprint density at radius 2 is 1.79 bits per heavy atom. The van der Waals surface area contributed by atoms with Crippen molar-refractivity contribution in [1.82, 2.24) is 10.2 Å². The molecule has 0 aliphatic heterocycles. The van der Waals surface area contributed by atoms with Gasteiger partial charge in [-0.05, 0) is 38.8 Å². The van der Waals surface area contributed by atoms with E-state index in [1.807, 2.05) is 24.8 Å². The summed E-state index contributed by atoms with van der Waals surface area (Å²) in [6.45, 7) is 7.42. The van der Waals surface area contributed by atoms with E-state index in [9.17, 15) is 4.79 Å². The van der Waals surface area contributed by atoms with Crippen LogP contribution in [0.15, 0.2) is 30.3 Å². The lowest BCUT2D eigenvalue weighted by Crippen LogP contribution is -2.33. The Morgan fingerprint density at radius 3 is 2.42 bits per heavy atom. The molecule has 0 saturated carbocycles. The van der Waals surface area contributed by atoms with E-state index >= 15 is 0 Å². The number of amides is 1. The third-order valence-electron chi connectivity index (χ3n) is 3.29. The molecule has 0 aliphatic carbocycles. The molecule has 19 heavy (non-hydrogen) atoms. The molecule has 0 spiro atoms. The predicted octanol–water partition coefficient (Wildman–Crippen LogP) is 2.47. The highest BCUT2D eigenvalue weighted by atomic mass is 16.2. The number of nitrogens with one attached hydrogen (secondary N) is 1. The van der Waals surface area contributed by atoms with Crippen molar-refractivity contribution in [3.05, 3.63) is 35.9 Å². The Kier molecular flexibility index (Phi) is 7.91. The maximum absolute atomic E-state index is 11.7. The zero-order valence-corrected chi connectivity index (χ0v) is 12.2. The highest BCUT2D eigenvalue weighted by Gasteiger charge is 2.07. The van der Waals surface area contributed by atoms with E-state index < -0.39 is 0 Å². The third-order valence-corrected chi connectivity index (χ3v) is 3.29. The Hall–Kier alpha value is -1.35. The number of hydrogen-bond donors (Lipinski definition) is 1. The summed E-state index contributed by atoms with van der Waals surface area (Å²) in [5.74, 6) is 0.251. The van der Waals surface area contributed by atoms with Gasteiger partial charge in [0.05, 0.1) is 0 Å². The number of rotatable bonds is 9. The van der Waals surface area contributed by atoms with Crippen molar-refractivity contribution in [2.75, 3.05) is 26.2 Å². The first-order valence-electron chi connectivity index (χ1n) is 7.30. The van der Waals surface area contributed by atoms with Crippen LogP contribution in [0.25, 0.3) is 0 Å². The molecule has 0 unspecified atom stereocenters. The fraction of sp³-hybridized carbons (Fsp3) is 0.562. The summed E-state index contributed by atoms with van der Waals surface area (Å²) in [7, 11) is 0. The van der Waals surface area contributed by atoms with Gasteiger partial charge in [-0.2, -0.15) is 0 Å². The molecule has 1 aromatic rings. The lowest BCUT2D eigenvalue weighted by atomic mass is 10.1. The van der Waals surface area contributed by atoms with E-state index in [0.29, 0.717) is 6.42 Å². The Morgan fingerprint density at radius 1 is 1.11 bits per heavy atom. The van der Waals surface area contributed by atoms with Gasteiger partial charge in [0.2, 0.25) is 5.91 Å². The topological polar surface area (TPSA) is 32.3 Å². The Bertz CT molecular complexity index is 347. The summed E-state index contributed by atoms with van der Waals surface area (Å²) in [4.78, 5) is 13.6. The second-order valence-electron chi connectivity index (χ2n) is 4.66. The molecule has 1 N–H and O–H groups in total. The van der Waals surface area contributed by atoms with Crippen molar-refractivity contribution in [2.45, 2.75) is 33.1 Å². The van der Waals surface area contributed by atoms with Crippen LogP contribution in [0.4, 0.5) is 0 Å². The maximum Gasteiger partial charge on any atom is 0.223 e. The molecular weight excluding hydrogens is 236 g/mol. The standard InChI is InChI=1S/C16H26N2O/c1-3-18(4-2)16(19)12-14-17-13-8-11-15-9-6-5-7-10-15/h5-7,9-10,17H,3-4,8,11-14H2,1-2H3. The summed E-state index contributed by atoms with van der Waals surface area (Å²) in [5.41, 5.74) is 1.38. The molecule has 0 atom stereocenters.